The minimum Gasteiger partial charge on any atom is -0.307 e. The number of hydrogen-bond donors (Lipinski definition) is 0. The average molecular weight is 473 g/mol. The fourth-order valence-corrected chi connectivity index (χ4v) is 5.61. The van der Waals surface area contributed by atoms with Crippen LogP contribution in [0.25, 0.3) is 0 Å². The predicted molar refractivity (Wildman–Crippen MR) is 131 cm³/mol. The molecule has 1 saturated heterocycles. The Kier molecular flexibility index (Phi) is 5.74. The maximum atomic E-state index is 14.4. The Bertz CT molecular complexity index is 1260. The number of hydrogen-bond acceptors (Lipinski definition) is 3. The molecule has 5 rings (SSSR count). The first-order chi connectivity index (χ1) is 16.5. The average Bonchev–Trinajstić information content (AvgIpc) is 3.26. The van der Waals surface area contributed by atoms with Crippen molar-refractivity contribution in [2.45, 2.75) is 31.7 Å². The Labute approximate surface area is 203 Å². The van der Waals surface area contributed by atoms with Crippen molar-refractivity contribution in [2.75, 3.05) is 11.4 Å². The molecule has 172 valence electrons. The first-order valence-electron chi connectivity index (χ1n) is 11.5. The van der Waals surface area contributed by atoms with Crippen LogP contribution in [0.1, 0.15) is 30.0 Å². The fraction of sp³-hybridized carbons (Fsp3) is 0.250. The summed E-state index contributed by atoms with van der Waals surface area (Å²) in [6.45, 7) is 2.45. The third-order valence-corrected chi connectivity index (χ3v) is 7.26. The van der Waals surface area contributed by atoms with Crippen LogP contribution in [-0.4, -0.2) is 29.2 Å². The summed E-state index contributed by atoms with van der Waals surface area (Å²) in [7, 11) is 0. The summed E-state index contributed by atoms with van der Waals surface area (Å²) >= 11 is 6.44. The Morgan fingerprint density at radius 3 is 2.15 bits per heavy atom. The fourth-order valence-electron chi connectivity index (χ4n) is 5.44. The number of rotatable bonds is 6. The largest absolute Gasteiger partial charge is 0.307 e. The minimum absolute atomic E-state index is 0.0103. The summed E-state index contributed by atoms with van der Waals surface area (Å²) in [6, 6.07) is 24.9. The summed E-state index contributed by atoms with van der Waals surface area (Å²) < 4.78 is 0. The van der Waals surface area contributed by atoms with Crippen molar-refractivity contribution in [3.63, 3.8) is 0 Å². The van der Waals surface area contributed by atoms with Gasteiger partial charge in [-0.3, -0.25) is 19.3 Å². The van der Waals surface area contributed by atoms with E-state index in [4.69, 9.17) is 11.6 Å². The maximum Gasteiger partial charge on any atom is 0.239 e. The number of carbonyl (C=O) groups excluding carboxylic acids is 3. The summed E-state index contributed by atoms with van der Waals surface area (Å²) in [4.78, 5) is 43.8. The smallest absolute Gasteiger partial charge is 0.239 e. The van der Waals surface area contributed by atoms with Gasteiger partial charge in [0.05, 0.1) is 17.9 Å². The van der Waals surface area contributed by atoms with E-state index in [9.17, 15) is 14.4 Å². The van der Waals surface area contributed by atoms with E-state index in [1.807, 2.05) is 66.7 Å². The molecule has 3 amide bonds. The van der Waals surface area contributed by atoms with E-state index < -0.39 is 11.3 Å². The van der Waals surface area contributed by atoms with E-state index in [1.54, 1.807) is 24.0 Å². The lowest BCUT2D eigenvalue weighted by Gasteiger charge is -2.33. The van der Waals surface area contributed by atoms with Crippen LogP contribution in [0.15, 0.2) is 78.9 Å². The zero-order chi connectivity index (χ0) is 23.9. The number of imide groups is 1. The van der Waals surface area contributed by atoms with Crippen LogP contribution < -0.4 is 4.90 Å². The Hall–Kier alpha value is -3.44. The highest BCUT2D eigenvalue weighted by Crippen LogP contribution is 2.52. The lowest BCUT2D eigenvalue weighted by atomic mass is 9.66. The van der Waals surface area contributed by atoms with Crippen molar-refractivity contribution in [1.82, 2.24) is 4.90 Å². The molecule has 2 aliphatic rings. The topological polar surface area (TPSA) is 57.7 Å². The number of likely N-dealkylation sites (tertiary alicyclic amines) is 1. The van der Waals surface area contributed by atoms with Crippen molar-refractivity contribution in [3.8, 4) is 0 Å². The summed E-state index contributed by atoms with van der Waals surface area (Å²) in [5.41, 5.74) is 2.15. The molecule has 1 fully saturated rings. The molecule has 5 nitrogen and oxygen atoms in total. The zero-order valence-corrected chi connectivity index (χ0v) is 19.7. The molecular weight excluding hydrogens is 448 g/mol. The first kappa shape index (κ1) is 22.4. The van der Waals surface area contributed by atoms with Gasteiger partial charge in [-0.25, -0.2) is 0 Å². The van der Waals surface area contributed by atoms with Crippen LogP contribution in [0.3, 0.4) is 0 Å². The highest BCUT2D eigenvalue weighted by molar-refractivity contribution is 6.31. The number of fused-ring (bicyclic) bond motifs is 1. The second-order valence-electron chi connectivity index (χ2n) is 8.91. The monoisotopic (exact) mass is 472 g/mol. The van der Waals surface area contributed by atoms with Crippen LogP contribution in [0.4, 0.5) is 5.69 Å². The number of nitrogens with zero attached hydrogens (tertiary/aromatic N) is 2. The number of carbonyl (C=O) groups is 3. The van der Waals surface area contributed by atoms with E-state index in [2.05, 4.69) is 0 Å². The molecule has 3 aromatic rings. The number of benzene rings is 3. The third-order valence-electron chi connectivity index (χ3n) is 7.02. The van der Waals surface area contributed by atoms with Gasteiger partial charge in [0.25, 0.3) is 0 Å². The maximum absolute atomic E-state index is 14.4. The van der Waals surface area contributed by atoms with Gasteiger partial charge in [-0.15, -0.1) is 0 Å². The lowest BCUT2D eigenvalue weighted by Crippen LogP contribution is -2.49. The molecule has 0 aliphatic carbocycles. The van der Waals surface area contributed by atoms with Gasteiger partial charge in [-0.2, -0.15) is 0 Å². The second kappa shape index (κ2) is 8.73. The molecule has 3 aromatic carbocycles. The summed E-state index contributed by atoms with van der Waals surface area (Å²) in [5, 5.41) is 0.495. The molecule has 6 heteroatoms. The molecule has 0 bridgehead atoms. The van der Waals surface area contributed by atoms with Crippen molar-refractivity contribution < 1.29 is 14.4 Å². The Morgan fingerprint density at radius 2 is 1.53 bits per heavy atom. The highest BCUT2D eigenvalue weighted by atomic mass is 35.5. The van der Waals surface area contributed by atoms with E-state index in [1.165, 1.54) is 4.90 Å². The van der Waals surface area contributed by atoms with E-state index in [0.29, 0.717) is 30.1 Å². The predicted octanol–water partition coefficient (Wildman–Crippen LogP) is 4.76. The number of amides is 3. The van der Waals surface area contributed by atoms with Crippen LogP contribution in [0.5, 0.6) is 0 Å². The first-order valence-corrected chi connectivity index (χ1v) is 11.9. The van der Waals surface area contributed by atoms with Gasteiger partial charge in [0.2, 0.25) is 17.7 Å². The molecule has 2 aliphatic heterocycles. The third kappa shape index (κ3) is 3.51. The Balaban J connectivity index is 1.70. The van der Waals surface area contributed by atoms with Crippen molar-refractivity contribution >= 4 is 35.0 Å². The summed E-state index contributed by atoms with van der Waals surface area (Å²) in [6.07, 6.45) is 0.322. The lowest BCUT2D eigenvalue weighted by molar-refractivity contribution is -0.141. The van der Waals surface area contributed by atoms with Gasteiger partial charge in [0.15, 0.2) is 0 Å². The molecule has 2 heterocycles. The normalized spacial score (nSPS) is 21.9. The quantitative estimate of drug-likeness (QED) is 0.486. The number of anilines is 1. The van der Waals surface area contributed by atoms with Crippen molar-refractivity contribution in [1.29, 1.82) is 0 Å². The molecule has 0 aromatic heterocycles. The van der Waals surface area contributed by atoms with Crippen LogP contribution >= 0.6 is 11.6 Å². The van der Waals surface area contributed by atoms with Gasteiger partial charge in [-0.05, 0) is 48.2 Å². The molecule has 0 spiro atoms. The molecule has 0 radical (unpaired) electrons. The van der Waals surface area contributed by atoms with Gasteiger partial charge in [0.1, 0.15) is 0 Å². The molecule has 2 atom stereocenters. The minimum atomic E-state index is -1.22. The van der Waals surface area contributed by atoms with E-state index >= 15 is 0 Å². The molecular formula is C28H25ClN2O3. The molecule has 34 heavy (non-hydrogen) atoms. The van der Waals surface area contributed by atoms with Crippen LogP contribution in [0, 0.1) is 5.92 Å². The van der Waals surface area contributed by atoms with Crippen LogP contribution in [-0.2, 0) is 32.8 Å². The molecule has 0 saturated carbocycles. The van der Waals surface area contributed by atoms with Gasteiger partial charge in [-0.1, -0.05) is 72.3 Å². The van der Waals surface area contributed by atoms with E-state index in [0.717, 1.165) is 16.8 Å². The van der Waals surface area contributed by atoms with Gasteiger partial charge < -0.3 is 4.90 Å². The molecule has 0 N–H and O–H groups in total. The zero-order valence-electron chi connectivity index (χ0n) is 18.9. The standard InChI is InChI=1S/C28H25ClN2O3/c1-2-30-25(32)16-23(26(30)33)28(17-19-9-5-3-6-10-19)22-15-21(29)13-14-24(22)31(27(28)34)18-20-11-7-4-8-12-20/h3-15,23H,2,16-18H2,1H3/t23-,28+/m0/s1. The second-order valence-corrected chi connectivity index (χ2v) is 9.34. The highest BCUT2D eigenvalue weighted by Gasteiger charge is 2.61. The van der Waals surface area contributed by atoms with Crippen molar-refractivity contribution in [3.05, 3.63) is 101 Å². The van der Waals surface area contributed by atoms with Crippen molar-refractivity contribution in [2.24, 2.45) is 5.92 Å². The number of halogens is 1. The van der Waals surface area contributed by atoms with Crippen LogP contribution in [0.2, 0.25) is 5.02 Å². The van der Waals surface area contributed by atoms with Gasteiger partial charge in [0, 0.05) is 23.7 Å². The molecule has 0 unspecified atom stereocenters. The summed E-state index contributed by atoms with van der Waals surface area (Å²) in [5.74, 6) is -1.47. The van der Waals surface area contributed by atoms with Gasteiger partial charge >= 0.3 is 0 Å². The van der Waals surface area contributed by atoms with E-state index in [-0.39, 0.29) is 24.1 Å². The SMILES string of the molecule is CCN1C(=O)C[C@H]([C@]2(Cc3ccccc3)C(=O)N(Cc3ccccc3)c3ccc(Cl)cc32)C1=O. The Morgan fingerprint density at radius 1 is 0.882 bits per heavy atom.